The van der Waals surface area contributed by atoms with Gasteiger partial charge in [0.15, 0.2) is 0 Å². The molecule has 0 saturated carbocycles. The van der Waals surface area contributed by atoms with Crippen LogP contribution in [0, 0.1) is 0 Å². The molecule has 0 spiro atoms. The molecule has 2 heterocycles. The van der Waals surface area contributed by atoms with Crippen LogP contribution in [0.2, 0.25) is 0 Å². The highest BCUT2D eigenvalue weighted by Gasteiger charge is 2.14. The molecular formula is C19H17N7OS. The zero-order valence-corrected chi connectivity index (χ0v) is 15.9. The van der Waals surface area contributed by atoms with Crippen molar-refractivity contribution >= 4 is 34.4 Å². The van der Waals surface area contributed by atoms with Gasteiger partial charge in [0, 0.05) is 18.1 Å². The Bertz CT molecular complexity index is 1130. The van der Waals surface area contributed by atoms with Crippen LogP contribution in [0.4, 0.5) is 5.69 Å². The summed E-state index contributed by atoms with van der Waals surface area (Å²) in [4.78, 5) is 20.8. The standard InChI is InChI=1S/C19H17N7OS/c1-2-13-5-3-4-6-17(13)26-19(23-24-25-26)28-12-18(27)22-14-7-8-15-16(11-14)21-10-9-20-15/h3-11H,2,12H2,1H3,(H,22,27). The predicted molar refractivity (Wildman–Crippen MR) is 107 cm³/mol. The lowest BCUT2D eigenvalue weighted by molar-refractivity contribution is -0.113. The van der Waals surface area contributed by atoms with E-state index >= 15 is 0 Å². The summed E-state index contributed by atoms with van der Waals surface area (Å²) in [5, 5.41) is 15.3. The SMILES string of the molecule is CCc1ccccc1-n1nnnc1SCC(=O)Nc1ccc2nccnc2c1. The van der Waals surface area contributed by atoms with Gasteiger partial charge in [0.2, 0.25) is 11.1 Å². The van der Waals surface area contributed by atoms with Crippen molar-refractivity contribution in [1.29, 1.82) is 0 Å². The van der Waals surface area contributed by atoms with Gasteiger partial charge in [-0.05, 0) is 46.7 Å². The fraction of sp³-hybridized carbons (Fsp3) is 0.158. The van der Waals surface area contributed by atoms with Crippen LogP contribution in [-0.4, -0.2) is 41.8 Å². The average Bonchev–Trinajstić information content (AvgIpc) is 3.20. The van der Waals surface area contributed by atoms with E-state index in [-0.39, 0.29) is 11.7 Å². The summed E-state index contributed by atoms with van der Waals surface area (Å²) in [6.07, 6.45) is 4.13. The quantitative estimate of drug-likeness (QED) is 0.505. The molecule has 9 heteroatoms. The second kappa shape index (κ2) is 8.13. The van der Waals surface area contributed by atoms with E-state index in [1.165, 1.54) is 11.8 Å². The van der Waals surface area contributed by atoms with E-state index in [0.717, 1.165) is 28.7 Å². The maximum atomic E-state index is 12.4. The van der Waals surface area contributed by atoms with Crippen LogP contribution >= 0.6 is 11.8 Å². The molecule has 0 unspecified atom stereocenters. The number of carbonyl (C=O) groups excluding carboxylic acids is 1. The van der Waals surface area contributed by atoms with Gasteiger partial charge in [-0.3, -0.25) is 14.8 Å². The molecule has 2 aromatic carbocycles. The van der Waals surface area contributed by atoms with Gasteiger partial charge in [0.1, 0.15) is 0 Å². The van der Waals surface area contributed by atoms with Crippen molar-refractivity contribution in [1.82, 2.24) is 30.2 Å². The largest absolute Gasteiger partial charge is 0.325 e. The Hall–Kier alpha value is -3.33. The highest BCUT2D eigenvalue weighted by Crippen LogP contribution is 2.22. The lowest BCUT2D eigenvalue weighted by Crippen LogP contribution is -2.14. The number of hydrogen-bond acceptors (Lipinski definition) is 7. The summed E-state index contributed by atoms with van der Waals surface area (Å²) in [7, 11) is 0. The Labute approximate surface area is 165 Å². The molecule has 0 aliphatic heterocycles. The Balaban J connectivity index is 1.45. The fourth-order valence-electron chi connectivity index (χ4n) is 2.80. The van der Waals surface area contributed by atoms with E-state index in [9.17, 15) is 4.79 Å². The van der Waals surface area contributed by atoms with Gasteiger partial charge < -0.3 is 5.32 Å². The first-order valence-electron chi connectivity index (χ1n) is 8.74. The molecule has 0 aliphatic carbocycles. The first-order chi connectivity index (χ1) is 13.7. The van der Waals surface area contributed by atoms with Crippen LogP contribution in [0.25, 0.3) is 16.7 Å². The lowest BCUT2D eigenvalue weighted by atomic mass is 10.1. The molecule has 1 amide bonds. The van der Waals surface area contributed by atoms with Gasteiger partial charge >= 0.3 is 0 Å². The summed E-state index contributed by atoms with van der Waals surface area (Å²) < 4.78 is 1.67. The minimum atomic E-state index is -0.147. The van der Waals surface area contributed by atoms with Crippen molar-refractivity contribution < 1.29 is 4.79 Å². The molecule has 28 heavy (non-hydrogen) atoms. The predicted octanol–water partition coefficient (Wildman–Crippen LogP) is 2.90. The van der Waals surface area contributed by atoms with Crippen LogP contribution in [-0.2, 0) is 11.2 Å². The average molecular weight is 391 g/mol. The third-order valence-electron chi connectivity index (χ3n) is 4.13. The van der Waals surface area contributed by atoms with Gasteiger partial charge in [-0.1, -0.05) is 36.9 Å². The summed E-state index contributed by atoms with van der Waals surface area (Å²) in [6, 6.07) is 13.4. The van der Waals surface area contributed by atoms with E-state index in [4.69, 9.17) is 0 Å². The monoisotopic (exact) mass is 391 g/mol. The number of aromatic nitrogens is 6. The Morgan fingerprint density at radius 3 is 2.79 bits per heavy atom. The zero-order valence-electron chi connectivity index (χ0n) is 15.1. The van der Waals surface area contributed by atoms with Crippen molar-refractivity contribution in [3.05, 3.63) is 60.4 Å². The third kappa shape index (κ3) is 3.84. The van der Waals surface area contributed by atoms with Crippen LogP contribution < -0.4 is 5.32 Å². The van der Waals surface area contributed by atoms with Gasteiger partial charge in [0.25, 0.3) is 0 Å². The van der Waals surface area contributed by atoms with Crippen molar-refractivity contribution in [2.24, 2.45) is 0 Å². The first-order valence-corrected chi connectivity index (χ1v) is 9.73. The number of rotatable bonds is 6. The number of hydrogen-bond donors (Lipinski definition) is 1. The van der Waals surface area contributed by atoms with Crippen LogP contribution in [0.3, 0.4) is 0 Å². The van der Waals surface area contributed by atoms with E-state index < -0.39 is 0 Å². The fourth-order valence-corrected chi connectivity index (χ4v) is 3.49. The highest BCUT2D eigenvalue weighted by atomic mass is 32.2. The number of carbonyl (C=O) groups is 1. The first kappa shape index (κ1) is 18.1. The van der Waals surface area contributed by atoms with Crippen molar-refractivity contribution in [3.63, 3.8) is 0 Å². The van der Waals surface area contributed by atoms with E-state index in [0.29, 0.717) is 10.8 Å². The highest BCUT2D eigenvalue weighted by molar-refractivity contribution is 7.99. The lowest BCUT2D eigenvalue weighted by Gasteiger charge is -2.09. The molecule has 140 valence electrons. The molecule has 0 atom stereocenters. The van der Waals surface area contributed by atoms with Gasteiger partial charge in [0.05, 0.1) is 22.5 Å². The van der Waals surface area contributed by atoms with Crippen LogP contribution in [0.1, 0.15) is 12.5 Å². The molecule has 0 fully saturated rings. The minimum absolute atomic E-state index is 0.147. The number of benzene rings is 2. The van der Waals surface area contributed by atoms with Crippen molar-refractivity contribution in [2.45, 2.75) is 18.5 Å². The second-order valence-electron chi connectivity index (χ2n) is 5.95. The molecule has 8 nitrogen and oxygen atoms in total. The summed E-state index contributed by atoms with van der Waals surface area (Å²) >= 11 is 1.29. The third-order valence-corrected chi connectivity index (χ3v) is 5.05. The Morgan fingerprint density at radius 1 is 1.11 bits per heavy atom. The zero-order chi connectivity index (χ0) is 19.3. The molecule has 2 aromatic heterocycles. The van der Waals surface area contributed by atoms with E-state index in [2.05, 4.69) is 37.7 Å². The second-order valence-corrected chi connectivity index (χ2v) is 6.89. The summed E-state index contributed by atoms with van der Waals surface area (Å²) in [5.74, 6) is 0.0410. The number of tetrazole rings is 1. The molecule has 1 N–H and O–H groups in total. The van der Waals surface area contributed by atoms with E-state index in [1.807, 2.05) is 30.3 Å². The molecular weight excluding hydrogens is 374 g/mol. The number of nitrogens with one attached hydrogen (secondary N) is 1. The molecule has 0 radical (unpaired) electrons. The number of aryl methyl sites for hydroxylation is 1. The van der Waals surface area contributed by atoms with Crippen molar-refractivity contribution in [3.8, 4) is 5.69 Å². The van der Waals surface area contributed by atoms with E-state index in [1.54, 1.807) is 29.2 Å². The van der Waals surface area contributed by atoms with Gasteiger partial charge in [-0.15, -0.1) is 5.10 Å². The summed E-state index contributed by atoms with van der Waals surface area (Å²) in [5.41, 5.74) is 4.25. The Kier molecular flexibility index (Phi) is 5.24. The maximum absolute atomic E-state index is 12.4. The number of thioether (sulfide) groups is 1. The molecule has 0 aliphatic rings. The normalized spacial score (nSPS) is 10.9. The van der Waals surface area contributed by atoms with Gasteiger partial charge in [-0.25, -0.2) is 0 Å². The number of para-hydroxylation sites is 1. The number of amides is 1. The minimum Gasteiger partial charge on any atom is -0.325 e. The number of nitrogens with zero attached hydrogens (tertiary/aromatic N) is 6. The van der Waals surface area contributed by atoms with Crippen LogP contribution in [0.15, 0.2) is 60.0 Å². The molecule has 0 bridgehead atoms. The van der Waals surface area contributed by atoms with Crippen molar-refractivity contribution in [2.75, 3.05) is 11.1 Å². The topological polar surface area (TPSA) is 98.5 Å². The molecule has 4 aromatic rings. The van der Waals surface area contributed by atoms with Crippen LogP contribution in [0.5, 0.6) is 0 Å². The molecule has 0 saturated heterocycles. The number of anilines is 1. The smallest absolute Gasteiger partial charge is 0.234 e. The summed E-state index contributed by atoms with van der Waals surface area (Å²) in [6.45, 7) is 2.08. The maximum Gasteiger partial charge on any atom is 0.234 e. The van der Waals surface area contributed by atoms with Gasteiger partial charge in [-0.2, -0.15) is 4.68 Å². The Morgan fingerprint density at radius 2 is 1.93 bits per heavy atom. The molecule has 4 rings (SSSR count). The number of fused-ring (bicyclic) bond motifs is 1.